The summed E-state index contributed by atoms with van der Waals surface area (Å²) >= 11 is 0. The maximum absolute atomic E-state index is 13.2. The van der Waals surface area contributed by atoms with Crippen molar-refractivity contribution in [3.8, 4) is 0 Å². The maximum atomic E-state index is 13.2. The van der Waals surface area contributed by atoms with E-state index in [4.69, 9.17) is 0 Å². The normalized spacial score (nSPS) is 15.0. The largest absolute Gasteiger partial charge is 1.00 e. The molecule has 36 heavy (non-hydrogen) atoms. The molecule has 3 aromatic carbocycles. The second-order valence-electron chi connectivity index (χ2n) is 7.74. The average Bonchev–Trinajstić information content (AvgIpc) is 3.16. The van der Waals surface area contributed by atoms with Gasteiger partial charge in [-0.3, -0.25) is 4.79 Å². The standard InChI is InChI=1S/C24H15F7N2O2.BrH/c25-17-9-5-14(6-10-17)21(34)32-20-19-4-2-1-3-15(19)13-33(20)18-11-7-16(8-12-18)22(35,23(26,27)28)24(29,30)31;/h1-12,35H,13H2;1H/p-1. The summed E-state index contributed by atoms with van der Waals surface area (Å²) in [5.74, 6) is -1.16. The first kappa shape index (κ1) is 27.3. The van der Waals surface area contributed by atoms with Gasteiger partial charge in [0.15, 0.2) is 0 Å². The SMILES string of the molecule is O=C(N=C1c2ccccc2CN1c1ccc(C(O)(C(F)(F)F)C(F)(F)F)cc1)c1ccc(F)cc1.[Br-]. The third kappa shape index (κ3) is 4.74. The molecule has 190 valence electrons. The number of halogens is 8. The van der Waals surface area contributed by atoms with E-state index in [0.717, 1.165) is 24.3 Å². The molecular formula is C24H15BrF7N2O2-. The Morgan fingerprint density at radius 1 is 0.833 bits per heavy atom. The monoisotopic (exact) mass is 575 g/mol. The Morgan fingerprint density at radius 2 is 1.39 bits per heavy atom. The number of carbonyl (C=O) groups is 1. The number of rotatable bonds is 3. The first-order chi connectivity index (χ1) is 16.3. The van der Waals surface area contributed by atoms with Crippen molar-refractivity contribution in [2.45, 2.75) is 24.5 Å². The lowest BCUT2D eigenvalue weighted by molar-refractivity contribution is -0.376. The molecule has 1 amide bonds. The van der Waals surface area contributed by atoms with Crippen molar-refractivity contribution in [3.63, 3.8) is 0 Å². The molecule has 1 N–H and O–H groups in total. The lowest BCUT2D eigenvalue weighted by Gasteiger charge is -2.33. The van der Waals surface area contributed by atoms with Crippen molar-refractivity contribution >= 4 is 17.4 Å². The number of fused-ring (bicyclic) bond motifs is 1. The van der Waals surface area contributed by atoms with Gasteiger partial charge >= 0.3 is 12.4 Å². The van der Waals surface area contributed by atoms with Gasteiger partial charge < -0.3 is 27.0 Å². The first-order valence-corrected chi connectivity index (χ1v) is 10.0. The molecule has 0 unspecified atom stereocenters. The number of anilines is 1. The van der Waals surface area contributed by atoms with Crippen LogP contribution in [0.25, 0.3) is 0 Å². The summed E-state index contributed by atoms with van der Waals surface area (Å²) < 4.78 is 92.4. The van der Waals surface area contributed by atoms with Crippen molar-refractivity contribution in [2.75, 3.05) is 4.90 Å². The van der Waals surface area contributed by atoms with Crippen LogP contribution in [-0.4, -0.2) is 29.2 Å². The number of nitrogens with zero attached hydrogens (tertiary/aromatic N) is 2. The van der Waals surface area contributed by atoms with Gasteiger partial charge in [0.25, 0.3) is 11.5 Å². The van der Waals surface area contributed by atoms with Gasteiger partial charge in [0, 0.05) is 22.4 Å². The Balaban J connectivity index is 0.00000361. The highest BCUT2D eigenvalue weighted by Gasteiger charge is 2.71. The fraction of sp³-hybridized carbons (Fsp3) is 0.167. The first-order valence-electron chi connectivity index (χ1n) is 10.0. The minimum Gasteiger partial charge on any atom is -1.00 e. The number of aliphatic hydroxyl groups is 1. The summed E-state index contributed by atoms with van der Waals surface area (Å²) in [7, 11) is 0. The number of benzene rings is 3. The van der Waals surface area contributed by atoms with Gasteiger partial charge in [-0.15, -0.1) is 0 Å². The highest BCUT2D eigenvalue weighted by molar-refractivity contribution is 6.18. The minimum absolute atomic E-state index is 0. The molecule has 0 atom stereocenters. The van der Waals surface area contributed by atoms with Crippen LogP contribution >= 0.6 is 0 Å². The van der Waals surface area contributed by atoms with Gasteiger partial charge in [0.2, 0.25) is 0 Å². The molecule has 0 bridgehead atoms. The van der Waals surface area contributed by atoms with E-state index in [-0.39, 0.29) is 40.6 Å². The molecule has 3 aromatic rings. The topological polar surface area (TPSA) is 52.9 Å². The van der Waals surface area contributed by atoms with E-state index in [2.05, 4.69) is 4.99 Å². The summed E-state index contributed by atoms with van der Waals surface area (Å²) in [5.41, 5.74) is -4.99. The van der Waals surface area contributed by atoms with Gasteiger partial charge in [0.05, 0.1) is 6.54 Å². The van der Waals surface area contributed by atoms with Crippen LogP contribution in [-0.2, 0) is 12.1 Å². The lowest BCUT2D eigenvalue weighted by atomic mass is 9.92. The minimum atomic E-state index is -6.01. The zero-order valence-electron chi connectivity index (χ0n) is 17.9. The molecular weight excluding hydrogens is 561 g/mol. The molecule has 0 aliphatic carbocycles. The van der Waals surface area contributed by atoms with Crippen molar-refractivity contribution in [1.29, 1.82) is 0 Å². The Morgan fingerprint density at radius 3 is 1.94 bits per heavy atom. The molecule has 0 saturated heterocycles. The molecule has 4 nitrogen and oxygen atoms in total. The Bertz CT molecular complexity index is 1270. The maximum Gasteiger partial charge on any atom is 0.430 e. The Hall–Kier alpha value is -3.25. The van der Waals surface area contributed by atoms with Crippen LogP contribution in [0.3, 0.4) is 0 Å². The second-order valence-corrected chi connectivity index (χ2v) is 7.74. The smallest absolute Gasteiger partial charge is 0.430 e. The zero-order chi connectivity index (χ0) is 25.6. The van der Waals surface area contributed by atoms with Crippen molar-refractivity contribution in [2.24, 2.45) is 4.99 Å². The Labute approximate surface area is 210 Å². The summed E-state index contributed by atoms with van der Waals surface area (Å²) in [6.07, 6.45) is -12.0. The molecule has 12 heteroatoms. The number of amides is 1. The number of aliphatic imine (C=N–C) groups is 1. The van der Waals surface area contributed by atoms with Crippen LogP contribution in [0.5, 0.6) is 0 Å². The van der Waals surface area contributed by atoms with E-state index < -0.39 is 35.2 Å². The van der Waals surface area contributed by atoms with E-state index in [1.54, 1.807) is 24.3 Å². The number of hydrogen-bond acceptors (Lipinski definition) is 2. The van der Waals surface area contributed by atoms with Crippen LogP contribution < -0.4 is 21.9 Å². The molecule has 4 rings (SSSR count). The fourth-order valence-electron chi connectivity index (χ4n) is 3.72. The van der Waals surface area contributed by atoms with E-state index in [0.29, 0.717) is 23.3 Å². The molecule has 1 aliphatic rings. The molecule has 0 fully saturated rings. The molecule has 1 heterocycles. The van der Waals surface area contributed by atoms with Crippen LogP contribution in [0, 0.1) is 5.82 Å². The quantitative estimate of drug-likeness (QED) is 0.489. The van der Waals surface area contributed by atoms with Crippen LogP contribution in [0.1, 0.15) is 27.0 Å². The fourth-order valence-corrected chi connectivity index (χ4v) is 3.72. The van der Waals surface area contributed by atoms with E-state index in [1.807, 2.05) is 0 Å². The van der Waals surface area contributed by atoms with E-state index in [1.165, 1.54) is 17.0 Å². The van der Waals surface area contributed by atoms with Crippen LogP contribution in [0.15, 0.2) is 77.8 Å². The van der Waals surface area contributed by atoms with Gasteiger partial charge in [-0.2, -0.15) is 31.3 Å². The van der Waals surface area contributed by atoms with Crippen molar-refractivity contribution in [3.05, 3.63) is 101 Å². The summed E-state index contributed by atoms with van der Waals surface area (Å²) in [4.78, 5) is 18.2. The number of hydrogen-bond donors (Lipinski definition) is 1. The molecule has 0 aromatic heterocycles. The number of alkyl halides is 6. The van der Waals surface area contributed by atoms with Gasteiger partial charge in [-0.05, 0) is 42.0 Å². The van der Waals surface area contributed by atoms with E-state index in [9.17, 15) is 40.6 Å². The van der Waals surface area contributed by atoms with Crippen LogP contribution in [0.4, 0.5) is 36.4 Å². The van der Waals surface area contributed by atoms with Crippen molar-refractivity contribution in [1.82, 2.24) is 0 Å². The lowest BCUT2D eigenvalue weighted by Crippen LogP contribution is -3.00. The third-order valence-electron chi connectivity index (χ3n) is 5.56. The number of amidine groups is 1. The molecule has 0 radical (unpaired) electrons. The highest BCUT2D eigenvalue weighted by Crippen LogP contribution is 2.50. The van der Waals surface area contributed by atoms with Gasteiger partial charge in [0.1, 0.15) is 11.7 Å². The van der Waals surface area contributed by atoms with Crippen LogP contribution in [0.2, 0.25) is 0 Å². The molecule has 1 aliphatic heterocycles. The van der Waals surface area contributed by atoms with Crippen molar-refractivity contribution < 1.29 is 57.6 Å². The van der Waals surface area contributed by atoms with Gasteiger partial charge in [-0.25, -0.2) is 4.39 Å². The molecule has 0 spiro atoms. The summed E-state index contributed by atoms with van der Waals surface area (Å²) in [6, 6.07) is 14.4. The Kier molecular flexibility index (Phi) is 7.34. The zero-order valence-corrected chi connectivity index (χ0v) is 19.5. The third-order valence-corrected chi connectivity index (χ3v) is 5.56. The van der Waals surface area contributed by atoms with Gasteiger partial charge in [-0.1, -0.05) is 36.4 Å². The second kappa shape index (κ2) is 9.66. The highest BCUT2D eigenvalue weighted by atomic mass is 79.9. The summed E-state index contributed by atoms with van der Waals surface area (Å²) in [6.45, 7) is 0.133. The average molecular weight is 576 g/mol. The molecule has 0 saturated carbocycles. The predicted octanol–water partition coefficient (Wildman–Crippen LogP) is 2.75. The predicted molar refractivity (Wildman–Crippen MR) is 112 cm³/mol. The van der Waals surface area contributed by atoms with E-state index >= 15 is 0 Å². The summed E-state index contributed by atoms with van der Waals surface area (Å²) in [5, 5.41) is 9.61. The number of carbonyl (C=O) groups excluding carboxylic acids is 1.